The fourth-order valence-corrected chi connectivity index (χ4v) is 2.70. The van der Waals surface area contributed by atoms with Crippen molar-refractivity contribution in [3.05, 3.63) is 11.6 Å². The average molecular weight is 428 g/mol. The molecular weight excluding hydrogens is 382 g/mol. The van der Waals surface area contributed by atoms with Crippen molar-refractivity contribution >= 4 is 18.3 Å². The van der Waals surface area contributed by atoms with E-state index in [0.29, 0.717) is 6.41 Å². The molecule has 0 spiro atoms. The quantitative estimate of drug-likeness (QED) is 0.458. The molecule has 2 N–H and O–H groups in total. The van der Waals surface area contributed by atoms with Crippen LogP contribution in [0.5, 0.6) is 0 Å². The molecule has 1 aliphatic heterocycles. The van der Waals surface area contributed by atoms with E-state index in [1.54, 1.807) is 13.1 Å². The number of aliphatic carboxylic acids is 1. The van der Waals surface area contributed by atoms with Crippen LogP contribution in [-0.2, 0) is 14.4 Å². The summed E-state index contributed by atoms with van der Waals surface area (Å²) in [6, 6.07) is -0.304. The molecule has 1 fully saturated rings. The molecule has 2 amide bonds. The zero-order chi connectivity index (χ0) is 23.7. The van der Waals surface area contributed by atoms with E-state index in [9.17, 15) is 14.4 Å². The molecular formula is C23H45N3O4. The molecule has 176 valence electrons. The van der Waals surface area contributed by atoms with Gasteiger partial charge in [0.05, 0.1) is 12.6 Å². The smallest absolute Gasteiger partial charge is 0.331 e. The number of carboxylic acid groups (broad SMARTS) is 1. The van der Waals surface area contributed by atoms with Crippen LogP contribution in [0.2, 0.25) is 0 Å². The molecule has 0 radical (unpaired) electrons. The van der Waals surface area contributed by atoms with Crippen LogP contribution in [-0.4, -0.2) is 73.0 Å². The first-order valence-corrected chi connectivity index (χ1v) is 11.0. The zero-order valence-corrected chi connectivity index (χ0v) is 20.4. The third-order valence-electron chi connectivity index (χ3n) is 4.74. The van der Waals surface area contributed by atoms with Crippen molar-refractivity contribution in [2.45, 2.75) is 73.3 Å². The Hall–Kier alpha value is -1.89. The molecule has 1 rings (SSSR count). The molecule has 2 atom stereocenters. The largest absolute Gasteiger partial charge is 0.478 e. The highest BCUT2D eigenvalue weighted by molar-refractivity contribution is 5.86. The summed E-state index contributed by atoms with van der Waals surface area (Å²) in [7, 11) is 3.80. The van der Waals surface area contributed by atoms with Gasteiger partial charge in [-0.2, -0.15) is 0 Å². The number of likely N-dealkylation sites (tertiary alicyclic amines) is 1. The molecule has 0 aromatic heterocycles. The topological polar surface area (TPSA) is 90.0 Å². The van der Waals surface area contributed by atoms with Gasteiger partial charge in [-0.3, -0.25) is 9.59 Å². The number of nitrogens with zero attached hydrogens (tertiary/aromatic N) is 2. The molecule has 1 aliphatic rings. The summed E-state index contributed by atoms with van der Waals surface area (Å²) in [4.78, 5) is 36.8. The Morgan fingerprint density at radius 1 is 1.13 bits per heavy atom. The van der Waals surface area contributed by atoms with Gasteiger partial charge in [0.2, 0.25) is 12.3 Å². The van der Waals surface area contributed by atoms with E-state index in [-0.39, 0.29) is 30.0 Å². The minimum absolute atomic E-state index is 0.0904. The van der Waals surface area contributed by atoms with E-state index < -0.39 is 5.97 Å². The summed E-state index contributed by atoms with van der Waals surface area (Å²) in [6.07, 6.45) is 7.13. The van der Waals surface area contributed by atoms with Crippen molar-refractivity contribution in [3.8, 4) is 0 Å². The average Bonchev–Trinajstić information content (AvgIpc) is 2.69. The van der Waals surface area contributed by atoms with Gasteiger partial charge in [-0.1, -0.05) is 53.5 Å². The van der Waals surface area contributed by atoms with Crippen molar-refractivity contribution in [1.82, 2.24) is 15.1 Å². The third kappa shape index (κ3) is 16.0. The van der Waals surface area contributed by atoms with E-state index in [2.05, 4.69) is 38.0 Å². The van der Waals surface area contributed by atoms with Crippen LogP contribution in [0.3, 0.4) is 0 Å². The van der Waals surface area contributed by atoms with Crippen LogP contribution in [0.15, 0.2) is 11.6 Å². The number of carboxylic acids is 1. The monoisotopic (exact) mass is 427 g/mol. The standard InChI is InChI=1S/C13H22N2O4.C6H13N.C4H10/c1-5-9(2)11(6-10(3)13(18)19)15(4)12(17)7-14-8-16;1-7-5-3-2-4-6-7;1-4(2)3/h6,8-9,11H,5,7H2,1-4H3,(H,14,16)(H,18,19);2-6H2,1H3;4H,1-3H3/b10-6+;;/t9?,11-;;/m1../s1. The molecule has 1 unspecified atom stereocenters. The minimum atomic E-state index is -1.000. The predicted octanol–water partition coefficient (Wildman–Crippen LogP) is 3.40. The highest BCUT2D eigenvalue weighted by atomic mass is 16.4. The minimum Gasteiger partial charge on any atom is -0.478 e. The predicted molar refractivity (Wildman–Crippen MR) is 123 cm³/mol. The maximum atomic E-state index is 11.8. The van der Waals surface area contributed by atoms with Gasteiger partial charge in [0.1, 0.15) is 0 Å². The molecule has 0 bridgehead atoms. The molecule has 7 heteroatoms. The lowest BCUT2D eigenvalue weighted by Gasteiger charge is -2.30. The highest BCUT2D eigenvalue weighted by Crippen LogP contribution is 2.17. The fraction of sp³-hybridized carbons (Fsp3) is 0.783. The fourth-order valence-electron chi connectivity index (χ4n) is 2.70. The maximum absolute atomic E-state index is 11.8. The zero-order valence-electron chi connectivity index (χ0n) is 20.4. The van der Waals surface area contributed by atoms with Crippen LogP contribution in [0.1, 0.15) is 67.2 Å². The lowest BCUT2D eigenvalue weighted by molar-refractivity contribution is -0.133. The van der Waals surface area contributed by atoms with E-state index in [0.717, 1.165) is 12.3 Å². The number of carbonyl (C=O) groups is 3. The number of hydrogen-bond donors (Lipinski definition) is 2. The van der Waals surface area contributed by atoms with Crippen molar-refractivity contribution < 1.29 is 19.5 Å². The Morgan fingerprint density at radius 3 is 1.97 bits per heavy atom. The van der Waals surface area contributed by atoms with Crippen molar-refractivity contribution in [3.63, 3.8) is 0 Å². The SMILES string of the molecule is CC(C)C.CCC(C)[C@@H](/C=C(\C)C(=O)O)N(C)C(=O)CNC=O.CN1CCCCC1. The number of hydrogen-bond acceptors (Lipinski definition) is 4. The van der Waals surface area contributed by atoms with Crippen LogP contribution >= 0.6 is 0 Å². The van der Waals surface area contributed by atoms with Gasteiger partial charge in [-0.05, 0) is 51.7 Å². The van der Waals surface area contributed by atoms with Crippen LogP contribution < -0.4 is 5.32 Å². The summed E-state index contributed by atoms with van der Waals surface area (Å²) in [5, 5.41) is 11.2. The first kappa shape index (κ1) is 30.3. The first-order chi connectivity index (χ1) is 14.0. The van der Waals surface area contributed by atoms with Gasteiger partial charge in [-0.25, -0.2) is 4.79 Å². The molecule has 30 heavy (non-hydrogen) atoms. The molecule has 7 nitrogen and oxygen atoms in total. The maximum Gasteiger partial charge on any atom is 0.331 e. The van der Waals surface area contributed by atoms with Gasteiger partial charge in [0.25, 0.3) is 0 Å². The first-order valence-electron chi connectivity index (χ1n) is 11.0. The third-order valence-corrected chi connectivity index (χ3v) is 4.74. The molecule has 0 aromatic carbocycles. The Morgan fingerprint density at radius 2 is 1.63 bits per heavy atom. The van der Waals surface area contributed by atoms with Crippen LogP contribution in [0.4, 0.5) is 0 Å². The number of nitrogens with one attached hydrogen (secondary N) is 1. The Balaban J connectivity index is 0. The van der Waals surface area contributed by atoms with Crippen LogP contribution in [0.25, 0.3) is 0 Å². The number of rotatable bonds is 8. The number of likely N-dealkylation sites (N-methyl/N-ethyl adjacent to an activating group) is 1. The van der Waals surface area contributed by atoms with Gasteiger partial charge in [0.15, 0.2) is 0 Å². The second kappa shape index (κ2) is 17.9. The second-order valence-corrected chi connectivity index (χ2v) is 8.63. The molecule has 0 aliphatic carbocycles. The van der Waals surface area contributed by atoms with E-state index in [1.807, 2.05) is 13.8 Å². The molecule has 0 aromatic rings. The van der Waals surface area contributed by atoms with E-state index in [1.165, 1.54) is 44.2 Å². The van der Waals surface area contributed by atoms with Gasteiger partial charge < -0.3 is 20.2 Å². The second-order valence-electron chi connectivity index (χ2n) is 8.63. The van der Waals surface area contributed by atoms with E-state index in [4.69, 9.17) is 5.11 Å². The number of amides is 2. The summed E-state index contributed by atoms with van der Waals surface area (Å²) < 4.78 is 0. The normalized spacial score (nSPS) is 16.2. The van der Waals surface area contributed by atoms with E-state index >= 15 is 0 Å². The highest BCUT2D eigenvalue weighted by Gasteiger charge is 2.23. The van der Waals surface area contributed by atoms with Crippen molar-refractivity contribution in [1.29, 1.82) is 0 Å². The summed E-state index contributed by atoms with van der Waals surface area (Å²) in [5.74, 6) is -0.300. The van der Waals surface area contributed by atoms with Gasteiger partial charge in [0, 0.05) is 12.6 Å². The van der Waals surface area contributed by atoms with Crippen LogP contribution in [0, 0.1) is 11.8 Å². The Kier molecular flexibility index (Phi) is 18.1. The van der Waals surface area contributed by atoms with Crippen molar-refractivity contribution in [2.24, 2.45) is 11.8 Å². The van der Waals surface area contributed by atoms with Crippen molar-refractivity contribution in [2.75, 3.05) is 33.7 Å². The Bertz CT molecular complexity index is 512. The molecule has 0 saturated carbocycles. The molecule has 1 heterocycles. The van der Waals surface area contributed by atoms with Gasteiger partial charge in [-0.15, -0.1) is 0 Å². The summed E-state index contributed by atoms with van der Waals surface area (Å²) in [6.45, 7) is 14.5. The number of carbonyl (C=O) groups excluding carboxylic acids is 2. The molecule has 1 saturated heterocycles. The van der Waals surface area contributed by atoms with Gasteiger partial charge >= 0.3 is 5.97 Å². The Labute approximate surface area is 183 Å². The summed E-state index contributed by atoms with van der Waals surface area (Å²) in [5.41, 5.74) is 0.202. The summed E-state index contributed by atoms with van der Waals surface area (Å²) >= 11 is 0. The lowest BCUT2D eigenvalue weighted by atomic mass is 9.95. The lowest BCUT2D eigenvalue weighted by Crippen LogP contribution is -2.44. The number of piperidine rings is 1.